The van der Waals surface area contributed by atoms with E-state index in [4.69, 9.17) is 0 Å². The zero-order valence-electron chi connectivity index (χ0n) is 9.91. The van der Waals surface area contributed by atoms with Gasteiger partial charge in [-0.25, -0.2) is 0 Å². The molecule has 3 rings (SSSR count). The number of rotatable bonds is 2. The molecular weight excluding hydrogens is 212 g/mol. The molecule has 0 spiro atoms. The molecule has 3 heteroatoms. The summed E-state index contributed by atoms with van der Waals surface area (Å²) >= 11 is 0. The zero-order valence-corrected chi connectivity index (χ0v) is 9.91. The molecule has 2 N–H and O–H groups in total. The maximum absolute atomic E-state index is 12.0. The van der Waals surface area contributed by atoms with E-state index < -0.39 is 0 Å². The van der Waals surface area contributed by atoms with E-state index in [1.807, 2.05) is 0 Å². The largest absolute Gasteiger partial charge is 0.348 e. The molecule has 0 bridgehead atoms. The lowest BCUT2D eigenvalue weighted by atomic mass is 10.1. The first kappa shape index (κ1) is 10.8. The van der Waals surface area contributed by atoms with Crippen LogP contribution in [0.25, 0.3) is 0 Å². The summed E-state index contributed by atoms with van der Waals surface area (Å²) in [6.45, 7) is 0.972. The summed E-state index contributed by atoms with van der Waals surface area (Å²) in [5, 5.41) is 6.42. The molecule has 2 atom stereocenters. The minimum atomic E-state index is 0.0303. The molecular formula is C14H18N2O. The van der Waals surface area contributed by atoms with Crippen LogP contribution < -0.4 is 10.6 Å². The quantitative estimate of drug-likeness (QED) is 0.809. The van der Waals surface area contributed by atoms with Crippen LogP contribution in [0, 0.1) is 0 Å². The second-order valence-corrected chi connectivity index (χ2v) is 4.95. The third-order valence-electron chi connectivity index (χ3n) is 3.83. The number of carbonyl (C=O) groups excluding carboxylic acids is 1. The van der Waals surface area contributed by atoms with Crippen molar-refractivity contribution < 1.29 is 4.79 Å². The topological polar surface area (TPSA) is 41.1 Å². The highest BCUT2D eigenvalue weighted by molar-refractivity contribution is 5.82. The molecule has 0 aromatic heterocycles. The molecule has 3 nitrogen and oxygen atoms in total. The number of hydrogen-bond donors (Lipinski definition) is 2. The van der Waals surface area contributed by atoms with Crippen molar-refractivity contribution in [2.75, 3.05) is 6.54 Å². The fraction of sp³-hybridized carbons (Fsp3) is 0.500. The van der Waals surface area contributed by atoms with E-state index in [-0.39, 0.29) is 18.0 Å². The zero-order chi connectivity index (χ0) is 11.7. The van der Waals surface area contributed by atoms with Gasteiger partial charge < -0.3 is 10.6 Å². The smallest absolute Gasteiger partial charge is 0.237 e. The number of benzene rings is 1. The molecule has 1 fully saturated rings. The minimum Gasteiger partial charge on any atom is -0.348 e. The minimum absolute atomic E-state index is 0.0303. The summed E-state index contributed by atoms with van der Waals surface area (Å²) in [7, 11) is 0. The summed E-state index contributed by atoms with van der Waals surface area (Å²) in [5.41, 5.74) is 2.69. The van der Waals surface area contributed by atoms with E-state index in [9.17, 15) is 4.79 Å². The van der Waals surface area contributed by atoms with Gasteiger partial charge in [0.15, 0.2) is 0 Å². The van der Waals surface area contributed by atoms with Gasteiger partial charge in [0.1, 0.15) is 0 Å². The number of nitrogens with one attached hydrogen (secondary N) is 2. The van der Waals surface area contributed by atoms with Crippen LogP contribution in [0.4, 0.5) is 0 Å². The summed E-state index contributed by atoms with van der Waals surface area (Å²) < 4.78 is 0. The molecule has 1 aromatic rings. The van der Waals surface area contributed by atoms with E-state index >= 15 is 0 Å². The van der Waals surface area contributed by atoms with Gasteiger partial charge in [0.2, 0.25) is 5.91 Å². The number of fused-ring (bicyclic) bond motifs is 1. The van der Waals surface area contributed by atoms with Crippen molar-refractivity contribution in [3.8, 4) is 0 Å². The Morgan fingerprint density at radius 1 is 1.29 bits per heavy atom. The molecule has 17 heavy (non-hydrogen) atoms. The molecule has 90 valence electrons. The van der Waals surface area contributed by atoms with E-state index in [0.29, 0.717) is 0 Å². The SMILES string of the molecule is O=C(NC1CCc2ccccc21)[C@@H]1CCCN1. The Bertz CT molecular complexity index is 424. The van der Waals surface area contributed by atoms with Crippen LogP contribution in [0.1, 0.15) is 36.4 Å². The average Bonchev–Trinajstić information content (AvgIpc) is 2.98. The number of hydrogen-bond acceptors (Lipinski definition) is 2. The summed E-state index contributed by atoms with van der Waals surface area (Å²) in [5.74, 6) is 0.171. The third kappa shape index (κ3) is 2.07. The predicted molar refractivity (Wildman–Crippen MR) is 66.7 cm³/mol. The summed E-state index contributed by atoms with van der Waals surface area (Å²) in [6, 6.07) is 8.67. The highest BCUT2D eigenvalue weighted by Gasteiger charge is 2.27. The molecule has 1 unspecified atom stereocenters. The lowest BCUT2D eigenvalue weighted by molar-refractivity contribution is -0.123. The molecule has 1 aliphatic heterocycles. The van der Waals surface area contributed by atoms with Gasteiger partial charge in [-0.1, -0.05) is 24.3 Å². The van der Waals surface area contributed by atoms with Crippen LogP contribution in [0.2, 0.25) is 0 Å². The standard InChI is InChI=1S/C14H18N2O/c17-14(13-6-3-9-15-13)16-12-8-7-10-4-1-2-5-11(10)12/h1-2,4-5,12-13,15H,3,6-9H2,(H,16,17)/t12?,13-/m0/s1. The van der Waals surface area contributed by atoms with Crippen LogP contribution in [-0.2, 0) is 11.2 Å². The monoisotopic (exact) mass is 230 g/mol. The van der Waals surface area contributed by atoms with Gasteiger partial charge in [-0.2, -0.15) is 0 Å². The Kier molecular flexibility index (Phi) is 2.85. The van der Waals surface area contributed by atoms with Gasteiger partial charge in [0.25, 0.3) is 0 Å². The first-order chi connectivity index (χ1) is 8.34. The predicted octanol–water partition coefficient (Wildman–Crippen LogP) is 1.54. The molecule has 0 saturated carbocycles. The molecule has 1 saturated heterocycles. The normalized spacial score (nSPS) is 26.8. The van der Waals surface area contributed by atoms with Crippen molar-refractivity contribution in [3.05, 3.63) is 35.4 Å². The van der Waals surface area contributed by atoms with Crippen LogP contribution in [0.5, 0.6) is 0 Å². The maximum Gasteiger partial charge on any atom is 0.237 e. The average molecular weight is 230 g/mol. The van der Waals surface area contributed by atoms with E-state index in [1.165, 1.54) is 11.1 Å². The first-order valence-electron chi connectivity index (χ1n) is 6.46. The van der Waals surface area contributed by atoms with Crippen LogP contribution in [0.3, 0.4) is 0 Å². The number of aryl methyl sites for hydroxylation is 1. The molecule has 1 aromatic carbocycles. The highest BCUT2D eigenvalue weighted by Crippen LogP contribution is 2.30. The van der Waals surface area contributed by atoms with Gasteiger partial charge in [0, 0.05) is 0 Å². The van der Waals surface area contributed by atoms with Crippen LogP contribution in [-0.4, -0.2) is 18.5 Å². The summed E-state index contributed by atoms with van der Waals surface area (Å²) in [4.78, 5) is 12.0. The van der Waals surface area contributed by atoms with Gasteiger partial charge in [-0.3, -0.25) is 4.79 Å². The lowest BCUT2D eigenvalue weighted by Crippen LogP contribution is -2.41. The molecule has 2 aliphatic rings. The third-order valence-corrected chi connectivity index (χ3v) is 3.83. The van der Waals surface area contributed by atoms with Crippen LogP contribution in [0.15, 0.2) is 24.3 Å². The molecule has 1 amide bonds. The van der Waals surface area contributed by atoms with E-state index in [1.54, 1.807) is 0 Å². The number of carbonyl (C=O) groups is 1. The first-order valence-corrected chi connectivity index (χ1v) is 6.46. The van der Waals surface area contributed by atoms with Crippen molar-refractivity contribution >= 4 is 5.91 Å². The Morgan fingerprint density at radius 2 is 2.18 bits per heavy atom. The highest BCUT2D eigenvalue weighted by atomic mass is 16.2. The van der Waals surface area contributed by atoms with Gasteiger partial charge >= 0.3 is 0 Å². The second kappa shape index (κ2) is 4.49. The molecule has 1 aliphatic carbocycles. The Morgan fingerprint density at radius 3 is 3.00 bits per heavy atom. The fourth-order valence-electron chi connectivity index (χ4n) is 2.89. The maximum atomic E-state index is 12.0. The second-order valence-electron chi connectivity index (χ2n) is 4.95. The van der Waals surface area contributed by atoms with Crippen molar-refractivity contribution in [3.63, 3.8) is 0 Å². The fourth-order valence-corrected chi connectivity index (χ4v) is 2.89. The van der Waals surface area contributed by atoms with E-state index in [2.05, 4.69) is 34.9 Å². The van der Waals surface area contributed by atoms with Crippen molar-refractivity contribution in [2.45, 2.75) is 37.8 Å². The Balaban J connectivity index is 1.68. The molecule has 1 heterocycles. The Hall–Kier alpha value is -1.35. The van der Waals surface area contributed by atoms with Gasteiger partial charge in [0.05, 0.1) is 12.1 Å². The van der Waals surface area contributed by atoms with Crippen molar-refractivity contribution in [1.82, 2.24) is 10.6 Å². The summed E-state index contributed by atoms with van der Waals surface area (Å²) in [6.07, 6.45) is 4.20. The Labute approximate surface area is 102 Å². The van der Waals surface area contributed by atoms with Gasteiger partial charge in [-0.05, 0) is 43.4 Å². The van der Waals surface area contributed by atoms with Crippen LogP contribution >= 0.6 is 0 Å². The molecule has 0 radical (unpaired) electrons. The van der Waals surface area contributed by atoms with E-state index in [0.717, 1.165) is 32.2 Å². The lowest BCUT2D eigenvalue weighted by Gasteiger charge is -2.17. The van der Waals surface area contributed by atoms with Gasteiger partial charge in [-0.15, -0.1) is 0 Å². The van der Waals surface area contributed by atoms with Crippen molar-refractivity contribution in [1.29, 1.82) is 0 Å². The number of amides is 1. The van der Waals surface area contributed by atoms with Crippen molar-refractivity contribution in [2.24, 2.45) is 0 Å².